The number of nitrogens with one attached hydrogen (secondary N) is 3. The van der Waals surface area contributed by atoms with Crippen LogP contribution in [0.3, 0.4) is 0 Å². The van der Waals surface area contributed by atoms with E-state index in [1.54, 1.807) is 79.7 Å². The first-order chi connectivity index (χ1) is 22.4. The Morgan fingerprint density at radius 3 is 2.22 bits per heavy atom. The van der Waals surface area contributed by atoms with E-state index >= 15 is 0 Å². The molecule has 5 aromatic rings. The van der Waals surface area contributed by atoms with Gasteiger partial charge in [-0.1, -0.05) is 66.7 Å². The molecule has 0 aromatic heterocycles. The monoisotopic (exact) mass is 629 g/mol. The number of ether oxygens (including phenoxy) is 1. The first-order valence-corrected chi connectivity index (χ1v) is 15.6. The van der Waals surface area contributed by atoms with E-state index in [0.29, 0.717) is 22.5 Å². The third kappa shape index (κ3) is 8.49. The molecule has 0 aliphatic carbocycles. The van der Waals surface area contributed by atoms with Crippen LogP contribution in [0.4, 0.5) is 11.4 Å². The maximum atomic E-state index is 13.6. The molecule has 46 heavy (non-hydrogen) atoms. The van der Waals surface area contributed by atoms with E-state index in [9.17, 15) is 19.2 Å². The fourth-order valence-corrected chi connectivity index (χ4v) is 5.34. The zero-order valence-electron chi connectivity index (χ0n) is 25.0. The van der Waals surface area contributed by atoms with E-state index in [4.69, 9.17) is 4.74 Å². The Hall–Kier alpha value is -5.67. The summed E-state index contributed by atoms with van der Waals surface area (Å²) in [5.74, 6) is -1.43. The molecule has 0 aliphatic rings. The number of fused-ring (bicyclic) bond motifs is 1. The van der Waals surface area contributed by atoms with E-state index < -0.39 is 17.8 Å². The van der Waals surface area contributed by atoms with Crippen LogP contribution in [0.15, 0.2) is 132 Å². The summed E-state index contributed by atoms with van der Waals surface area (Å²) in [5.41, 5.74) is 2.75. The van der Waals surface area contributed by atoms with Gasteiger partial charge in [0.05, 0.1) is 17.9 Å². The lowest BCUT2D eigenvalue weighted by Crippen LogP contribution is -2.30. The zero-order chi connectivity index (χ0) is 32.3. The van der Waals surface area contributed by atoms with Gasteiger partial charge in [0.15, 0.2) is 0 Å². The minimum Gasteiger partial charge on any atom is -0.462 e. The highest BCUT2D eigenvalue weighted by Crippen LogP contribution is 2.24. The van der Waals surface area contributed by atoms with Crippen LogP contribution in [0.5, 0.6) is 0 Å². The highest BCUT2D eigenvalue weighted by Gasteiger charge is 2.16. The number of esters is 1. The van der Waals surface area contributed by atoms with Crippen molar-refractivity contribution in [2.75, 3.05) is 23.0 Å². The standard InChI is InChI=1S/C37H31N3O5S/c1-2-45-37(44)27-18-20-29(21-19-27)38-34(41)24-46-31-16-9-15-30(23-31)39-36(43)33(40-35(42)26-11-4-3-5-12-26)22-28-14-8-13-25-10-6-7-17-32(25)28/h3-23H,2,24H2,1H3,(H,38,41)(H,39,43)(H,40,42)/b33-22+. The molecule has 0 heterocycles. The molecule has 0 radical (unpaired) electrons. The molecule has 5 aromatic carbocycles. The van der Waals surface area contributed by atoms with Gasteiger partial charge < -0.3 is 20.7 Å². The minimum absolute atomic E-state index is 0.0802. The lowest BCUT2D eigenvalue weighted by molar-refractivity contribution is -0.114. The Bertz CT molecular complexity index is 1900. The molecule has 0 saturated heterocycles. The highest BCUT2D eigenvalue weighted by atomic mass is 32.2. The molecule has 9 heteroatoms. The van der Waals surface area contributed by atoms with Crippen molar-refractivity contribution in [2.24, 2.45) is 0 Å². The van der Waals surface area contributed by atoms with Gasteiger partial charge in [0, 0.05) is 21.8 Å². The summed E-state index contributed by atoms with van der Waals surface area (Å²) in [4.78, 5) is 51.9. The molecule has 0 bridgehead atoms. The molecule has 0 fully saturated rings. The van der Waals surface area contributed by atoms with Crippen LogP contribution in [-0.4, -0.2) is 36.1 Å². The van der Waals surface area contributed by atoms with Crippen LogP contribution < -0.4 is 16.0 Å². The summed E-state index contributed by atoms with van der Waals surface area (Å²) < 4.78 is 4.98. The maximum absolute atomic E-state index is 13.6. The minimum atomic E-state index is -0.497. The summed E-state index contributed by atoms with van der Waals surface area (Å²) >= 11 is 1.30. The largest absolute Gasteiger partial charge is 0.462 e. The van der Waals surface area contributed by atoms with Crippen molar-refractivity contribution in [2.45, 2.75) is 11.8 Å². The lowest BCUT2D eigenvalue weighted by Gasteiger charge is -2.13. The fourth-order valence-electron chi connectivity index (χ4n) is 4.59. The summed E-state index contributed by atoms with van der Waals surface area (Å²) in [6, 6.07) is 35.9. The number of amides is 3. The van der Waals surface area contributed by atoms with Crippen LogP contribution in [0, 0.1) is 0 Å². The average Bonchev–Trinajstić information content (AvgIpc) is 3.08. The first-order valence-electron chi connectivity index (χ1n) is 14.6. The van der Waals surface area contributed by atoms with E-state index in [0.717, 1.165) is 21.2 Å². The molecule has 0 atom stereocenters. The number of rotatable bonds is 11. The summed E-state index contributed by atoms with van der Waals surface area (Å²) in [6.07, 6.45) is 1.67. The summed E-state index contributed by atoms with van der Waals surface area (Å²) in [6.45, 7) is 2.02. The van der Waals surface area contributed by atoms with Crippen molar-refractivity contribution in [1.29, 1.82) is 0 Å². The Balaban J connectivity index is 1.27. The van der Waals surface area contributed by atoms with Gasteiger partial charge in [-0.2, -0.15) is 0 Å². The Kier molecular flexibility index (Phi) is 10.6. The maximum Gasteiger partial charge on any atom is 0.338 e. The first kappa shape index (κ1) is 31.7. The molecule has 0 spiro atoms. The molecule has 0 unspecified atom stereocenters. The molecular weight excluding hydrogens is 598 g/mol. The normalized spacial score (nSPS) is 11.0. The van der Waals surface area contributed by atoms with E-state index in [2.05, 4.69) is 16.0 Å². The Labute approximate surface area is 270 Å². The van der Waals surface area contributed by atoms with Crippen LogP contribution in [-0.2, 0) is 14.3 Å². The Morgan fingerprint density at radius 1 is 0.717 bits per heavy atom. The number of anilines is 2. The molecule has 8 nitrogen and oxygen atoms in total. The number of benzene rings is 5. The van der Waals surface area contributed by atoms with Gasteiger partial charge in [0.2, 0.25) is 5.91 Å². The van der Waals surface area contributed by atoms with Gasteiger partial charge in [-0.15, -0.1) is 11.8 Å². The van der Waals surface area contributed by atoms with Crippen molar-refractivity contribution in [3.8, 4) is 0 Å². The number of thioether (sulfide) groups is 1. The fraction of sp³-hybridized carbons (Fsp3) is 0.0811. The SMILES string of the molecule is CCOC(=O)c1ccc(NC(=O)CSc2cccc(NC(=O)/C(=C\c3cccc4ccccc34)NC(=O)c3ccccc3)c2)cc1. The Morgan fingerprint density at radius 2 is 1.43 bits per heavy atom. The van der Waals surface area contributed by atoms with Gasteiger partial charge >= 0.3 is 5.97 Å². The number of hydrogen-bond acceptors (Lipinski definition) is 6. The van der Waals surface area contributed by atoms with Crippen LogP contribution >= 0.6 is 11.8 Å². The zero-order valence-corrected chi connectivity index (χ0v) is 25.8. The van der Waals surface area contributed by atoms with Gasteiger partial charge in [-0.05, 0) is 83.9 Å². The van der Waals surface area contributed by atoms with E-state index in [1.165, 1.54) is 11.8 Å². The predicted molar refractivity (Wildman–Crippen MR) is 183 cm³/mol. The number of carbonyl (C=O) groups excluding carboxylic acids is 4. The second-order valence-electron chi connectivity index (χ2n) is 10.1. The number of carbonyl (C=O) groups is 4. The van der Waals surface area contributed by atoms with E-state index in [1.807, 2.05) is 54.6 Å². The van der Waals surface area contributed by atoms with Crippen LogP contribution in [0.25, 0.3) is 16.8 Å². The smallest absolute Gasteiger partial charge is 0.338 e. The van der Waals surface area contributed by atoms with Crippen molar-refractivity contribution < 1.29 is 23.9 Å². The van der Waals surface area contributed by atoms with Gasteiger partial charge in [0.1, 0.15) is 5.70 Å². The van der Waals surface area contributed by atoms with Gasteiger partial charge in [-0.25, -0.2) is 4.79 Å². The molecular formula is C37H31N3O5S. The van der Waals surface area contributed by atoms with Crippen molar-refractivity contribution in [3.05, 3.63) is 144 Å². The predicted octanol–water partition coefficient (Wildman–Crippen LogP) is 7.16. The van der Waals surface area contributed by atoms with Gasteiger partial charge in [-0.3, -0.25) is 14.4 Å². The molecule has 0 aliphatic heterocycles. The number of hydrogen-bond donors (Lipinski definition) is 3. The summed E-state index contributed by atoms with van der Waals surface area (Å²) in [7, 11) is 0. The molecule has 230 valence electrons. The second-order valence-corrected chi connectivity index (χ2v) is 11.1. The molecule has 3 amide bonds. The average molecular weight is 630 g/mol. The molecule has 3 N–H and O–H groups in total. The van der Waals surface area contributed by atoms with Crippen LogP contribution in [0.1, 0.15) is 33.2 Å². The van der Waals surface area contributed by atoms with Crippen molar-refractivity contribution in [1.82, 2.24) is 5.32 Å². The van der Waals surface area contributed by atoms with Crippen molar-refractivity contribution >= 4 is 63.7 Å². The highest BCUT2D eigenvalue weighted by molar-refractivity contribution is 8.00. The molecule has 0 saturated carbocycles. The third-order valence-corrected chi connectivity index (χ3v) is 7.79. The van der Waals surface area contributed by atoms with Crippen molar-refractivity contribution in [3.63, 3.8) is 0 Å². The quantitative estimate of drug-likeness (QED) is 0.0812. The lowest BCUT2D eigenvalue weighted by atomic mass is 10.0. The third-order valence-electron chi connectivity index (χ3n) is 6.79. The van der Waals surface area contributed by atoms with Crippen LogP contribution in [0.2, 0.25) is 0 Å². The topological polar surface area (TPSA) is 114 Å². The van der Waals surface area contributed by atoms with Gasteiger partial charge in [0.25, 0.3) is 11.8 Å². The second kappa shape index (κ2) is 15.4. The molecule has 5 rings (SSSR count). The van der Waals surface area contributed by atoms with E-state index in [-0.39, 0.29) is 24.0 Å². The summed E-state index contributed by atoms with van der Waals surface area (Å²) in [5, 5.41) is 10.4.